The van der Waals surface area contributed by atoms with Crippen molar-refractivity contribution >= 4 is 10.8 Å². The molecule has 0 radical (unpaired) electrons. The third-order valence-electron chi connectivity index (χ3n) is 3.22. The number of nitrogens with zero attached hydrogens (tertiary/aromatic N) is 1. The molecule has 2 N–H and O–H groups in total. The van der Waals surface area contributed by atoms with Crippen LogP contribution in [0.15, 0.2) is 54.9 Å². The van der Waals surface area contributed by atoms with E-state index in [0.29, 0.717) is 0 Å². The summed E-state index contributed by atoms with van der Waals surface area (Å²) in [5.41, 5.74) is 1.24. The summed E-state index contributed by atoms with van der Waals surface area (Å²) in [7, 11) is 1.95. The van der Waals surface area contributed by atoms with Crippen molar-refractivity contribution in [3.63, 3.8) is 0 Å². The average Bonchev–Trinajstić information content (AvgIpc) is 2.94. The third kappa shape index (κ3) is 1.79. The summed E-state index contributed by atoms with van der Waals surface area (Å²) in [6.45, 7) is 0. The number of imidazole rings is 1. The lowest BCUT2D eigenvalue weighted by Crippen LogP contribution is -2.19. The fourth-order valence-corrected chi connectivity index (χ4v) is 2.38. The highest BCUT2D eigenvalue weighted by atomic mass is 15.0. The molecule has 1 atom stereocenters. The van der Waals surface area contributed by atoms with E-state index in [1.807, 2.05) is 13.2 Å². The Morgan fingerprint density at radius 1 is 1.11 bits per heavy atom. The highest BCUT2D eigenvalue weighted by Gasteiger charge is 2.16. The second kappa shape index (κ2) is 4.63. The van der Waals surface area contributed by atoms with E-state index in [1.165, 1.54) is 16.3 Å². The Morgan fingerprint density at radius 3 is 2.72 bits per heavy atom. The van der Waals surface area contributed by atoms with Crippen molar-refractivity contribution in [1.82, 2.24) is 15.3 Å². The number of aromatic amines is 1. The van der Waals surface area contributed by atoms with Crippen molar-refractivity contribution < 1.29 is 0 Å². The summed E-state index contributed by atoms with van der Waals surface area (Å²) >= 11 is 0. The molecule has 3 rings (SSSR count). The molecule has 3 heteroatoms. The van der Waals surface area contributed by atoms with Crippen LogP contribution in [-0.4, -0.2) is 17.0 Å². The normalized spacial score (nSPS) is 12.7. The van der Waals surface area contributed by atoms with E-state index in [0.717, 1.165) is 5.82 Å². The topological polar surface area (TPSA) is 40.7 Å². The van der Waals surface area contributed by atoms with Crippen molar-refractivity contribution in [1.29, 1.82) is 0 Å². The van der Waals surface area contributed by atoms with E-state index in [2.05, 4.69) is 57.7 Å². The van der Waals surface area contributed by atoms with Gasteiger partial charge in [0.1, 0.15) is 5.82 Å². The quantitative estimate of drug-likeness (QED) is 0.735. The van der Waals surface area contributed by atoms with Gasteiger partial charge in [0.25, 0.3) is 0 Å². The molecule has 0 saturated heterocycles. The predicted molar refractivity (Wildman–Crippen MR) is 73.4 cm³/mol. The van der Waals surface area contributed by atoms with Crippen molar-refractivity contribution in [3.8, 4) is 0 Å². The second-order valence-electron chi connectivity index (χ2n) is 4.26. The zero-order valence-corrected chi connectivity index (χ0v) is 10.2. The fourth-order valence-electron chi connectivity index (χ4n) is 2.38. The molecule has 2 aromatic carbocycles. The van der Waals surface area contributed by atoms with Gasteiger partial charge in [0.05, 0.1) is 6.04 Å². The monoisotopic (exact) mass is 237 g/mol. The Balaban J connectivity index is 2.18. The molecular weight excluding hydrogens is 222 g/mol. The minimum atomic E-state index is 0.0890. The molecule has 0 amide bonds. The van der Waals surface area contributed by atoms with Gasteiger partial charge in [-0.1, -0.05) is 42.5 Å². The number of nitrogens with one attached hydrogen (secondary N) is 2. The van der Waals surface area contributed by atoms with Crippen LogP contribution in [0.25, 0.3) is 10.8 Å². The molecular formula is C15H15N3. The minimum absolute atomic E-state index is 0.0890. The first-order chi connectivity index (χ1) is 8.90. The van der Waals surface area contributed by atoms with Gasteiger partial charge in [-0.05, 0) is 23.4 Å². The second-order valence-corrected chi connectivity index (χ2v) is 4.26. The van der Waals surface area contributed by atoms with Crippen LogP contribution in [0.1, 0.15) is 17.4 Å². The zero-order valence-electron chi connectivity index (χ0n) is 10.2. The van der Waals surface area contributed by atoms with Crippen molar-refractivity contribution in [2.75, 3.05) is 7.05 Å². The lowest BCUT2D eigenvalue weighted by atomic mass is 9.98. The van der Waals surface area contributed by atoms with Crippen LogP contribution in [0.3, 0.4) is 0 Å². The smallest absolute Gasteiger partial charge is 0.127 e. The van der Waals surface area contributed by atoms with Gasteiger partial charge in [-0.15, -0.1) is 0 Å². The number of benzene rings is 2. The summed E-state index contributed by atoms with van der Waals surface area (Å²) in [5.74, 6) is 0.939. The average molecular weight is 237 g/mol. The first-order valence-electron chi connectivity index (χ1n) is 6.04. The molecule has 0 aliphatic heterocycles. The summed E-state index contributed by atoms with van der Waals surface area (Å²) < 4.78 is 0. The van der Waals surface area contributed by atoms with Crippen molar-refractivity contribution in [3.05, 3.63) is 66.2 Å². The lowest BCUT2D eigenvalue weighted by molar-refractivity contribution is 0.659. The summed E-state index contributed by atoms with van der Waals surface area (Å²) in [6, 6.07) is 14.9. The van der Waals surface area contributed by atoms with E-state index in [4.69, 9.17) is 0 Å². The molecule has 0 spiro atoms. The van der Waals surface area contributed by atoms with Crippen LogP contribution in [0.2, 0.25) is 0 Å². The maximum absolute atomic E-state index is 4.35. The molecule has 0 saturated carbocycles. The predicted octanol–water partition coefficient (Wildman–Crippen LogP) is 2.87. The Bertz CT molecular complexity index is 638. The van der Waals surface area contributed by atoms with Crippen LogP contribution in [-0.2, 0) is 0 Å². The van der Waals surface area contributed by atoms with Gasteiger partial charge < -0.3 is 10.3 Å². The van der Waals surface area contributed by atoms with Gasteiger partial charge in [0.15, 0.2) is 0 Å². The Morgan fingerprint density at radius 2 is 1.94 bits per heavy atom. The molecule has 0 bridgehead atoms. The van der Waals surface area contributed by atoms with E-state index in [1.54, 1.807) is 6.20 Å². The van der Waals surface area contributed by atoms with Crippen LogP contribution < -0.4 is 5.32 Å². The zero-order chi connectivity index (χ0) is 12.4. The molecule has 1 heterocycles. The molecule has 1 aromatic heterocycles. The summed E-state index contributed by atoms with van der Waals surface area (Å²) in [4.78, 5) is 7.53. The van der Waals surface area contributed by atoms with Crippen LogP contribution >= 0.6 is 0 Å². The Labute approximate surface area is 106 Å². The molecule has 3 aromatic rings. The minimum Gasteiger partial charge on any atom is -0.347 e. The molecule has 0 fully saturated rings. The van der Waals surface area contributed by atoms with Gasteiger partial charge in [-0.2, -0.15) is 0 Å². The number of rotatable bonds is 3. The number of H-pyrrole nitrogens is 1. The standard InChI is InChI=1S/C15H15N3/c1-16-14(15-17-9-10-18-15)13-8-4-6-11-5-2-3-7-12(11)13/h2-10,14,16H,1H3,(H,17,18). The molecule has 1 unspecified atom stereocenters. The van der Waals surface area contributed by atoms with Crippen LogP contribution in [0.5, 0.6) is 0 Å². The fraction of sp³-hybridized carbons (Fsp3) is 0.133. The SMILES string of the molecule is CNC(c1ncc[nH]1)c1cccc2ccccc12. The van der Waals surface area contributed by atoms with Crippen LogP contribution in [0, 0.1) is 0 Å². The van der Waals surface area contributed by atoms with E-state index in [-0.39, 0.29) is 6.04 Å². The molecule has 90 valence electrons. The third-order valence-corrected chi connectivity index (χ3v) is 3.22. The number of hydrogen-bond donors (Lipinski definition) is 2. The lowest BCUT2D eigenvalue weighted by Gasteiger charge is -2.16. The van der Waals surface area contributed by atoms with Gasteiger partial charge in [0, 0.05) is 12.4 Å². The molecule has 0 aliphatic rings. The van der Waals surface area contributed by atoms with E-state index in [9.17, 15) is 0 Å². The first kappa shape index (κ1) is 11.0. The molecule has 18 heavy (non-hydrogen) atoms. The van der Waals surface area contributed by atoms with Crippen molar-refractivity contribution in [2.45, 2.75) is 6.04 Å². The van der Waals surface area contributed by atoms with Gasteiger partial charge in [-0.25, -0.2) is 4.98 Å². The highest BCUT2D eigenvalue weighted by Crippen LogP contribution is 2.26. The Kier molecular flexibility index (Phi) is 2.82. The summed E-state index contributed by atoms with van der Waals surface area (Å²) in [6.07, 6.45) is 3.63. The van der Waals surface area contributed by atoms with Gasteiger partial charge >= 0.3 is 0 Å². The number of fused-ring (bicyclic) bond motifs is 1. The first-order valence-corrected chi connectivity index (χ1v) is 6.04. The van der Waals surface area contributed by atoms with E-state index < -0.39 is 0 Å². The van der Waals surface area contributed by atoms with Crippen molar-refractivity contribution in [2.24, 2.45) is 0 Å². The van der Waals surface area contributed by atoms with Gasteiger partial charge in [-0.3, -0.25) is 0 Å². The largest absolute Gasteiger partial charge is 0.347 e. The highest BCUT2D eigenvalue weighted by molar-refractivity contribution is 5.86. The maximum Gasteiger partial charge on any atom is 0.127 e. The van der Waals surface area contributed by atoms with Gasteiger partial charge in [0.2, 0.25) is 0 Å². The molecule has 0 aliphatic carbocycles. The number of aromatic nitrogens is 2. The molecule has 3 nitrogen and oxygen atoms in total. The Hall–Kier alpha value is -2.13. The summed E-state index contributed by atoms with van der Waals surface area (Å²) in [5, 5.41) is 5.83. The van der Waals surface area contributed by atoms with E-state index >= 15 is 0 Å². The van der Waals surface area contributed by atoms with Crippen LogP contribution in [0.4, 0.5) is 0 Å². The number of hydrogen-bond acceptors (Lipinski definition) is 2. The maximum atomic E-state index is 4.35.